The maximum Gasteiger partial charge on any atom is 0.418 e. The molecule has 26 heavy (non-hydrogen) atoms. The largest absolute Gasteiger partial charge is 0.497 e. The molecule has 0 atom stereocenters. The number of carbonyl (C=O) groups excluding carboxylic acids is 2. The van der Waals surface area contributed by atoms with Crippen molar-refractivity contribution in [1.82, 2.24) is 0 Å². The number of ether oxygens (including phenoxy) is 1. The number of carbonyl (C=O) groups is 2. The molecule has 0 saturated carbocycles. The van der Waals surface area contributed by atoms with Crippen LogP contribution in [0.3, 0.4) is 0 Å². The van der Waals surface area contributed by atoms with Gasteiger partial charge in [-0.2, -0.15) is 13.2 Å². The Balaban J connectivity index is 2.18. The van der Waals surface area contributed by atoms with Crippen LogP contribution in [-0.2, 0) is 22.2 Å². The average Bonchev–Trinajstić information content (AvgIpc) is 2.55. The van der Waals surface area contributed by atoms with Crippen LogP contribution >= 0.6 is 0 Å². The van der Waals surface area contributed by atoms with Gasteiger partial charge in [0.15, 0.2) is 0 Å². The van der Waals surface area contributed by atoms with Crippen molar-refractivity contribution in [3.05, 3.63) is 53.6 Å². The van der Waals surface area contributed by atoms with Crippen LogP contribution in [0.4, 0.5) is 24.5 Å². The zero-order chi connectivity index (χ0) is 19.3. The Morgan fingerprint density at radius 2 is 1.69 bits per heavy atom. The fourth-order valence-corrected chi connectivity index (χ4v) is 2.29. The van der Waals surface area contributed by atoms with Crippen molar-refractivity contribution in [2.24, 2.45) is 0 Å². The fraction of sp³-hybridized carbons (Fsp3) is 0.222. The van der Waals surface area contributed by atoms with Crippen molar-refractivity contribution in [1.29, 1.82) is 0 Å². The smallest absolute Gasteiger partial charge is 0.418 e. The summed E-state index contributed by atoms with van der Waals surface area (Å²) in [7, 11) is 1.50. The van der Waals surface area contributed by atoms with Crippen LogP contribution in [-0.4, -0.2) is 18.9 Å². The molecule has 0 bridgehead atoms. The monoisotopic (exact) mass is 366 g/mol. The lowest BCUT2D eigenvalue weighted by atomic mass is 10.1. The van der Waals surface area contributed by atoms with Crippen molar-refractivity contribution in [2.75, 3.05) is 17.7 Å². The lowest BCUT2D eigenvalue weighted by Gasteiger charge is -2.15. The molecule has 0 fully saturated rings. The highest BCUT2D eigenvalue weighted by molar-refractivity contribution is 5.94. The van der Waals surface area contributed by atoms with Gasteiger partial charge in [-0.3, -0.25) is 9.59 Å². The third-order valence-electron chi connectivity index (χ3n) is 3.44. The second kappa shape index (κ2) is 7.90. The number of amides is 2. The van der Waals surface area contributed by atoms with Gasteiger partial charge in [-0.25, -0.2) is 0 Å². The SMILES string of the molecule is COc1ccc(CC(=O)Nc2ccc(NC(C)=O)cc2C(F)(F)F)cc1. The van der Waals surface area contributed by atoms with Gasteiger partial charge in [0.2, 0.25) is 11.8 Å². The summed E-state index contributed by atoms with van der Waals surface area (Å²) in [5.41, 5.74) is -0.776. The number of hydrogen-bond acceptors (Lipinski definition) is 3. The fourth-order valence-electron chi connectivity index (χ4n) is 2.29. The Hall–Kier alpha value is -3.03. The molecule has 0 aliphatic carbocycles. The van der Waals surface area contributed by atoms with Gasteiger partial charge in [0, 0.05) is 12.6 Å². The lowest BCUT2D eigenvalue weighted by molar-refractivity contribution is -0.137. The first-order valence-electron chi connectivity index (χ1n) is 7.60. The first kappa shape index (κ1) is 19.3. The molecule has 0 spiro atoms. The maximum absolute atomic E-state index is 13.2. The molecular weight excluding hydrogens is 349 g/mol. The average molecular weight is 366 g/mol. The number of benzene rings is 2. The molecule has 0 heterocycles. The Labute approximate surface area is 148 Å². The van der Waals surface area contributed by atoms with Crippen LogP contribution in [0.5, 0.6) is 5.75 Å². The van der Waals surface area contributed by atoms with Crippen molar-refractivity contribution in [3.63, 3.8) is 0 Å². The standard InChI is InChI=1S/C18H17F3N2O3/c1-11(24)22-13-5-8-16(15(10-13)18(19,20)21)23-17(25)9-12-3-6-14(26-2)7-4-12/h3-8,10H,9H2,1-2H3,(H,22,24)(H,23,25). The summed E-state index contributed by atoms with van der Waals surface area (Å²) in [6, 6.07) is 9.81. The Kier molecular flexibility index (Phi) is 5.86. The van der Waals surface area contributed by atoms with E-state index >= 15 is 0 Å². The van der Waals surface area contributed by atoms with Gasteiger partial charge in [0.25, 0.3) is 0 Å². The molecule has 0 unspecified atom stereocenters. The minimum absolute atomic E-state index is 0.00187. The number of alkyl halides is 3. The number of rotatable bonds is 5. The summed E-state index contributed by atoms with van der Waals surface area (Å²) < 4.78 is 44.8. The molecule has 0 aliphatic rings. The molecule has 8 heteroatoms. The van der Waals surface area contributed by atoms with Gasteiger partial charge in [0.05, 0.1) is 24.8 Å². The molecule has 2 aromatic carbocycles. The van der Waals surface area contributed by atoms with Crippen molar-refractivity contribution < 1.29 is 27.5 Å². The molecule has 0 aromatic heterocycles. The van der Waals surface area contributed by atoms with Gasteiger partial charge >= 0.3 is 6.18 Å². The van der Waals surface area contributed by atoms with E-state index in [2.05, 4.69) is 10.6 Å². The van der Waals surface area contributed by atoms with Gasteiger partial charge < -0.3 is 15.4 Å². The first-order chi connectivity index (χ1) is 12.2. The van der Waals surface area contributed by atoms with Crippen LogP contribution in [0.15, 0.2) is 42.5 Å². The second-order valence-corrected chi connectivity index (χ2v) is 5.51. The predicted octanol–water partition coefficient (Wildman–Crippen LogP) is 3.85. The molecule has 2 rings (SSSR count). The quantitative estimate of drug-likeness (QED) is 0.845. The maximum atomic E-state index is 13.2. The van der Waals surface area contributed by atoms with E-state index in [9.17, 15) is 22.8 Å². The van der Waals surface area contributed by atoms with E-state index in [4.69, 9.17) is 4.74 Å². The van der Waals surface area contributed by atoms with Crippen molar-refractivity contribution >= 4 is 23.2 Å². The topological polar surface area (TPSA) is 67.4 Å². The third kappa shape index (κ3) is 5.23. The zero-order valence-corrected chi connectivity index (χ0v) is 14.1. The van der Waals surface area contributed by atoms with Crippen molar-refractivity contribution in [3.8, 4) is 5.75 Å². The molecule has 0 radical (unpaired) electrons. The highest BCUT2D eigenvalue weighted by Gasteiger charge is 2.34. The van der Waals surface area contributed by atoms with Crippen molar-refractivity contribution in [2.45, 2.75) is 19.5 Å². The molecular formula is C18H17F3N2O3. The Morgan fingerprint density at radius 3 is 2.23 bits per heavy atom. The van der Waals surface area contributed by atoms with Gasteiger partial charge in [0.1, 0.15) is 5.75 Å². The molecule has 138 valence electrons. The van der Waals surface area contributed by atoms with E-state index in [-0.39, 0.29) is 17.8 Å². The summed E-state index contributed by atoms with van der Waals surface area (Å²) in [5.74, 6) is -0.468. The molecule has 0 saturated heterocycles. The number of nitrogens with one attached hydrogen (secondary N) is 2. The molecule has 2 amide bonds. The number of halogens is 3. The van der Waals surface area contributed by atoms with Crippen LogP contribution < -0.4 is 15.4 Å². The van der Waals surface area contributed by atoms with E-state index in [1.807, 2.05) is 0 Å². The van der Waals surface area contributed by atoms with Gasteiger partial charge in [-0.05, 0) is 35.9 Å². The molecule has 5 nitrogen and oxygen atoms in total. The minimum atomic E-state index is -4.68. The highest BCUT2D eigenvalue weighted by atomic mass is 19.4. The third-order valence-corrected chi connectivity index (χ3v) is 3.44. The van der Waals surface area contributed by atoms with Gasteiger partial charge in [-0.1, -0.05) is 12.1 Å². The first-order valence-corrected chi connectivity index (χ1v) is 7.60. The molecule has 0 aliphatic heterocycles. The zero-order valence-electron chi connectivity index (χ0n) is 14.1. The molecule has 2 N–H and O–H groups in total. The van der Waals surface area contributed by atoms with Crippen LogP contribution in [0.2, 0.25) is 0 Å². The van der Waals surface area contributed by atoms with Gasteiger partial charge in [-0.15, -0.1) is 0 Å². The number of hydrogen-bond donors (Lipinski definition) is 2. The summed E-state index contributed by atoms with van der Waals surface area (Å²) in [4.78, 5) is 23.1. The predicted molar refractivity (Wildman–Crippen MR) is 91.1 cm³/mol. The van der Waals surface area contributed by atoms with E-state index < -0.39 is 23.6 Å². The second-order valence-electron chi connectivity index (χ2n) is 5.51. The van der Waals surface area contributed by atoms with E-state index in [1.165, 1.54) is 20.1 Å². The van der Waals surface area contributed by atoms with E-state index in [0.29, 0.717) is 11.3 Å². The lowest BCUT2D eigenvalue weighted by Crippen LogP contribution is -2.19. The summed E-state index contributed by atoms with van der Waals surface area (Å²) in [5, 5.41) is 4.56. The Morgan fingerprint density at radius 1 is 1.04 bits per heavy atom. The van der Waals surface area contributed by atoms with Crippen LogP contribution in [0.25, 0.3) is 0 Å². The minimum Gasteiger partial charge on any atom is -0.497 e. The van der Waals surface area contributed by atoms with E-state index in [1.54, 1.807) is 24.3 Å². The normalized spacial score (nSPS) is 11.0. The molecule has 2 aromatic rings. The van der Waals surface area contributed by atoms with Crippen LogP contribution in [0.1, 0.15) is 18.1 Å². The number of methoxy groups -OCH3 is 1. The summed E-state index contributed by atoms with van der Waals surface area (Å²) in [6.07, 6.45) is -4.77. The summed E-state index contributed by atoms with van der Waals surface area (Å²) in [6.45, 7) is 1.19. The summed E-state index contributed by atoms with van der Waals surface area (Å²) >= 11 is 0. The number of anilines is 2. The highest BCUT2D eigenvalue weighted by Crippen LogP contribution is 2.36. The Bertz CT molecular complexity index is 802. The van der Waals surface area contributed by atoms with Crippen LogP contribution in [0, 0.1) is 0 Å². The van der Waals surface area contributed by atoms with E-state index in [0.717, 1.165) is 12.1 Å².